The van der Waals surface area contributed by atoms with Gasteiger partial charge in [-0.2, -0.15) is 0 Å². The smallest absolute Gasteiger partial charge is 0.251 e. The van der Waals surface area contributed by atoms with E-state index in [1.165, 1.54) is 18.2 Å². The molecule has 1 N–H and O–H groups in total. The summed E-state index contributed by atoms with van der Waals surface area (Å²) >= 11 is 11.9. The van der Waals surface area contributed by atoms with Crippen LogP contribution in [0.1, 0.15) is 37.0 Å². The number of rotatable bonds is 6. The van der Waals surface area contributed by atoms with Crippen LogP contribution in [-0.2, 0) is 0 Å². The van der Waals surface area contributed by atoms with E-state index < -0.39 is 5.82 Å². The topological polar surface area (TPSA) is 29.1 Å². The minimum atomic E-state index is -0.537. The van der Waals surface area contributed by atoms with Crippen molar-refractivity contribution < 1.29 is 9.18 Å². The summed E-state index contributed by atoms with van der Waals surface area (Å²) in [5.74, 6) is -0.456. The standard InChI is InChI=1S/C14H18Cl2FNO/c1-3-9(4-2)12(16)8-18-14(19)10-5-6-13(17)11(15)7-10/h5-7,9,12H,3-4,8H2,1-2H3,(H,18,19). The molecule has 5 heteroatoms. The lowest BCUT2D eigenvalue weighted by Gasteiger charge is -2.19. The second-order valence-electron chi connectivity index (χ2n) is 4.43. The summed E-state index contributed by atoms with van der Waals surface area (Å²) < 4.78 is 13.0. The molecule has 1 aromatic rings. The van der Waals surface area contributed by atoms with Gasteiger partial charge in [-0.3, -0.25) is 4.79 Å². The molecule has 0 aliphatic carbocycles. The first-order valence-electron chi connectivity index (χ1n) is 6.36. The van der Waals surface area contributed by atoms with E-state index in [0.717, 1.165) is 12.8 Å². The van der Waals surface area contributed by atoms with Gasteiger partial charge in [-0.05, 0) is 24.1 Å². The molecular formula is C14H18Cl2FNO. The van der Waals surface area contributed by atoms with Crippen molar-refractivity contribution in [3.05, 3.63) is 34.6 Å². The van der Waals surface area contributed by atoms with Crippen LogP contribution >= 0.6 is 23.2 Å². The minimum absolute atomic E-state index is 0.0601. The number of hydrogen-bond donors (Lipinski definition) is 1. The maximum absolute atomic E-state index is 13.0. The Morgan fingerprint density at radius 1 is 1.37 bits per heavy atom. The molecule has 1 unspecified atom stereocenters. The van der Waals surface area contributed by atoms with E-state index in [-0.39, 0.29) is 16.3 Å². The van der Waals surface area contributed by atoms with Gasteiger partial charge in [0.05, 0.1) is 10.4 Å². The van der Waals surface area contributed by atoms with Crippen LogP contribution in [0.4, 0.5) is 4.39 Å². The first kappa shape index (κ1) is 16.3. The zero-order valence-corrected chi connectivity index (χ0v) is 12.6. The van der Waals surface area contributed by atoms with Crippen molar-refractivity contribution in [2.75, 3.05) is 6.54 Å². The van der Waals surface area contributed by atoms with Gasteiger partial charge in [0.2, 0.25) is 0 Å². The molecule has 1 aromatic carbocycles. The number of alkyl halides is 1. The Balaban J connectivity index is 2.58. The number of hydrogen-bond acceptors (Lipinski definition) is 1. The average Bonchev–Trinajstić information content (AvgIpc) is 2.40. The third kappa shape index (κ3) is 4.66. The van der Waals surface area contributed by atoms with Gasteiger partial charge in [-0.15, -0.1) is 11.6 Å². The van der Waals surface area contributed by atoms with E-state index in [2.05, 4.69) is 19.2 Å². The van der Waals surface area contributed by atoms with Crippen LogP contribution in [0.3, 0.4) is 0 Å². The summed E-state index contributed by atoms with van der Waals surface area (Å²) in [6, 6.07) is 3.89. The lowest BCUT2D eigenvalue weighted by atomic mass is 9.99. The van der Waals surface area contributed by atoms with Crippen molar-refractivity contribution in [3.63, 3.8) is 0 Å². The molecule has 0 fully saturated rings. The Labute approximate surface area is 123 Å². The van der Waals surface area contributed by atoms with Crippen LogP contribution in [-0.4, -0.2) is 17.8 Å². The Morgan fingerprint density at radius 3 is 2.53 bits per heavy atom. The van der Waals surface area contributed by atoms with Crippen molar-refractivity contribution in [2.24, 2.45) is 5.92 Å². The molecule has 0 bridgehead atoms. The van der Waals surface area contributed by atoms with Crippen LogP contribution in [0.25, 0.3) is 0 Å². The summed E-state index contributed by atoms with van der Waals surface area (Å²) in [7, 11) is 0. The first-order valence-corrected chi connectivity index (χ1v) is 7.18. The molecule has 0 aliphatic heterocycles. The highest BCUT2D eigenvalue weighted by molar-refractivity contribution is 6.31. The molecule has 0 aliphatic rings. The summed E-state index contributed by atoms with van der Waals surface area (Å²) in [5, 5.41) is 2.58. The fourth-order valence-electron chi connectivity index (χ4n) is 1.90. The van der Waals surface area contributed by atoms with E-state index in [1.54, 1.807) is 0 Å². The summed E-state index contributed by atoms with van der Waals surface area (Å²) in [6.45, 7) is 4.54. The predicted molar refractivity (Wildman–Crippen MR) is 77.5 cm³/mol. The second kappa shape index (κ2) is 7.71. The summed E-state index contributed by atoms with van der Waals surface area (Å²) in [4.78, 5) is 11.9. The van der Waals surface area contributed by atoms with Crippen LogP contribution in [0, 0.1) is 11.7 Å². The van der Waals surface area contributed by atoms with Gasteiger partial charge in [0, 0.05) is 12.1 Å². The Morgan fingerprint density at radius 2 is 2.00 bits per heavy atom. The monoisotopic (exact) mass is 305 g/mol. The normalized spacial score (nSPS) is 12.5. The molecule has 0 radical (unpaired) electrons. The number of benzene rings is 1. The minimum Gasteiger partial charge on any atom is -0.351 e. The van der Waals surface area contributed by atoms with Gasteiger partial charge in [0.25, 0.3) is 5.91 Å². The molecule has 0 spiro atoms. The predicted octanol–water partition coefficient (Wildman–Crippen LogP) is 4.25. The largest absolute Gasteiger partial charge is 0.351 e. The van der Waals surface area contributed by atoms with Crippen molar-refractivity contribution in [1.29, 1.82) is 0 Å². The van der Waals surface area contributed by atoms with Crippen molar-refractivity contribution >= 4 is 29.1 Å². The fourth-order valence-corrected chi connectivity index (χ4v) is 2.51. The number of nitrogens with one attached hydrogen (secondary N) is 1. The molecule has 0 saturated heterocycles. The van der Waals surface area contributed by atoms with E-state index in [9.17, 15) is 9.18 Å². The molecule has 0 heterocycles. The molecule has 1 atom stereocenters. The maximum atomic E-state index is 13.0. The average molecular weight is 306 g/mol. The third-order valence-electron chi connectivity index (χ3n) is 3.20. The molecule has 106 valence electrons. The van der Waals surface area contributed by atoms with Gasteiger partial charge in [0.1, 0.15) is 5.82 Å². The van der Waals surface area contributed by atoms with Gasteiger partial charge in [-0.25, -0.2) is 4.39 Å². The third-order valence-corrected chi connectivity index (χ3v) is 4.00. The lowest BCUT2D eigenvalue weighted by Crippen LogP contribution is -2.33. The number of halogens is 3. The van der Waals surface area contributed by atoms with Crippen LogP contribution < -0.4 is 5.32 Å². The van der Waals surface area contributed by atoms with E-state index in [1.807, 2.05) is 0 Å². The number of amides is 1. The van der Waals surface area contributed by atoms with Crippen LogP contribution in [0.15, 0.2) is 18.2 Å². The molecular weight excluding hydrogens is 288 g/mol. The van der Waals surface area contributed by atoms with Crippen molar-refractivity contribution in [2.45, 2.75) is 32.1 Å². The Bertz CT molecular complexity index is 435. The Hall–Kier alpha value is -0.800. The van der Waals surface area contributed by atoms with Gasteiger partial charge < -0.3 is 5.32 Å². The van der Waals surface area contributed by atoms with Crippen molar-refractivity contribution in [3.8, 4) is 0 Å². The molecule has 1 amide bonds. The SMILES string of the molecule is CCC(CC)C(Cl)CNC(=O)c1ccc(F)c(Cl)c1. The van der Waals surface area contributed by atoms with Gasteiger partial charge >= 0.3 is 0 Å². The summed E-state index contributed by atoms with van der Waals surface area (Å²) in [5.41, 5.74) is 0.333. The van der Waals surface area contributed by atoms with Crippen molar-refractivity contribution in [1.82, 2.24) is 5.32 Å². The van der Waals surface area contributed by atoms with Gasteiger partial charge in [-0.1, -0.05) is 38.3 Å². The fraction of sp³-hybridized carbons (Fsp3) is 0.500. The molecule has 2 nitrogen and oxygen atoms in total. The molecule has 0 saturated carbocycles. The highest BCUT2D eigenvalue weighted by Gasteiger charge is 2.17. The Kier molecular flexibility index (Phi) is 6.59. The quantitative estimate of drug-likeness (QED) is 0.782. The van der Waals surface area contributed by atoms with Crippen LogP contribution in [0.5, 0.6) is 0 Å². The zero-order chi connectivity index (χ0) is 14.4. The van der Waals surface area contributed by atoms with E-state index in [4.69, 9.17) is 23.2 Å². The molecule has 1 rings (SSSR count). The number of carbonyl (C=O) groups is 1. The summed E-state index contributed by atoms with van der Waals surface area (Å²) in [6.07, 6.45) is 1.95. The van der Waals surface area contributed by atoms with Crippen LogP contribution in [0.2, 0.25) is 5.02 Å². The molecule has 0 aromatic heterocycles. The second-order valence-corrected chi connectivity index (χ2v) is 5.40. The zero-order valence-electron chi connectivity index (χ0n) is 11.1. The maximum Gasteiger partial charge on any atom is 0.251 e. The van der Waals surface area contributed by atoms with E-state index in [0.29, 0.717) is 18.0 Å². The number of carbonyl (C=O) groups excluding carboxylic acids is 1. The lowest BCUT2D eigenvalue weighted by molar-refractivity contribution is 0.0951. The highest BCUT2D eigenvalue weighted by atomic mass is 35.5. The van der Waals surface area contributed by atoms with Gasteiger partial charge in [0.15, 0.2) is 0 Å². The van der Waals surface area contributed by atoms with E-state index >= 15 is 0 Å². The molecule has 19 heavy (non-hydrogen) atoms. The highest BCUT2D eigenvalue weighted by Crippen LogP contribution is 2.18. The first-order chi connectivity index (χ1) is 8.99.